The van der Waals surface area contributed by atoms with Gasteiger partial charge in [0.05, 0.1) is 0 Å². The lowest BCUT2D eigenvalue weighted by atomic mass is 9.78. The van der Waals surface area contributed by atoms with Gasteiger partial charge in [-0.25, -0.2) is 0 Å². The number of rotatable bonds is 0. The Morgan fingerprint density at radius 2 is 2.18 bits per heavy atom. The van der Waals surface area contributed by atoms with Crippen LogP contribution in [0.4, 0.5) is 0 Å². The minimum Gasteiger partial charge on any atom is -0.344 e. The van der Waals surface area contributed by atoms with Gasteiger partial charge in [0.1, 0.15) is 0 Å². The maximum absolute atomic E-state index is 11.2. The van der Waals surface area contributed by atoms with Crippen molar-refractivity contribution in [1.29, 1.82) is 0 Å². The summed E-state index contributed by atoms with van der Waals surface area (Å²) in [5.74, 6) is 0.205. The van der Waals surface area contributed by atoms with Gasteiger partial charge in [-0.15, -0.1) is 0 Å². The van der Waals surface area contributed by atoms with E-state index in [1.807, 2.05) is 13.8 Å². The summed E-state index contributed by atoms with van der Waals surface area (Å²) in [6.45, 7) is 4.77. The standard InChI is InChI=1S/C8H16N2O/c1-8(2)4-7(11)10(3)5-6(8)9/h6H,4-5,9H2,1-3H3. The van der Waals surface area contributed by atoms with Gasteiger partial charge in [0.15, 0.2) is 0 Å². The van der Waals surface area contributed by atoms with Gasteiger partial charge in [-0.1, -0.05) is 13.8 Å². The van der Waals surface area contributed by atoms with E-state index in [1.165, 1.54) is 0 Å². The molecule has 2 N–H and O–H groups in total. The van der Waals surface area contributed by atoms with E-state index in [2.05, 4.69) is 0 Å². The van der Waals surface area contributed by atoms with Crippen molar-refractivity contribution >= 4 is 5.91 Å². The van der Waals surface area contributed by atoms with Crippen LogP contribution in [0.3, 0.4) is 0 Å². The third-order valence-corrected chi connectivity index (χ3v) is 2.51. The molecule has 1 unspecified atom stereocenters. The Kier molecular flexibility index (Phi) is 1.92. The van der Waals surface area contributed by atoms with Crippen LogP contribution in [0.25, 0.3) is 0 Å². The number of hydrogen-bond donors (Lipinski definition) is 1. The molecule has 1 aliphatic heterocycles. The number of nitrogens with zero attached hydrogens (tertiary/aromatic N) is 1. The number of carbonyl (C=O) groups excluding carboxylic acids is 1. The van der Waals surface area contributed by atoms with Gasteiger partial charge < -0.3 is 10.6 Å². The van der Waals surface area contributed by atoms with Crippen LogP contribution in [0.5, 0.6) is 0 Å². The first-order valence-electron chi connectivity index (χ1n) is 3.93. The molecule has 1 atom stereocenters. The molecule has 0 saturated carbocycles. The minimum absolute atomic E-state index is 0.0242. The number of hydrogen-bond acceptors (Lipinski definition) is 2. The summed E-state index contributed by atoms with van der Waals surface area (Å²) in [6, 6.07) is 0.116. The number of likely N-dealkylation sites (N-methyl/N-ethyl adjacent to an activating group) is 1. The van der Waals surface area contributed by atoms with Crippen LogP contribution < -0.4 is 5.73 Å². The Morgan fingerprint density at radius 3 is 2.64 bits per heavy atom. The molecular weight excluding hydrogens is 140 g/mol. The molecule has 1 amide bonds. The molecule has 1 rings (SSSR count). The Bertz CT molecular complexity index is 177. The van der Waals surface area contributed by atoms with E-state index in [0.717, 1.165) is 0 Å². The zero-order valence-corrected chi connectivity index (χ0v) is 7.42. The van der Waals surface area contributed by atoms with Crippen LogP contribution in [-0.2, 0) is 4.79 Å². The Labute approximate surface area is 67.5 Å². The van der Waals surface area contributed by atoms with E-state index in [1.54, 1.807) is 11.9 Å². The molecule has 11 heavy (non-hydrogen) atoms. The van der Waals surface area contributed by atoms with Crippen molar-refractivity contribution in [1.82, 2.24) is 4.90 Å². The van der Waals surface area contributed by atoms with Crippen molar-refractivity contribution in [2.24, 2.45) is 11.1 Å². The Hall–Kier alpha value is -0.570. The molecule has 1 heterocycles. The van der Waals surface area contributed by atoms with Crippen LogP contribution in [0, 0.1) is 5.41 Å². The van der Waals surface area contributed by atoms with Crippen LogP contribution >= 0.6 is 0 Å². The number of carbonyl (C=O) groups is 1. The lowest BCUT2D eigenvalue weighted by Crippen LogP contribution is -2.53. The first kappa shape index (κ1) is 8.53. The minimum atomic E-state index is -0.0242. The highest BCUT2D eigenvalue weighted by atomic mass is 16.2. The summed E-state index contributed by atoms with van der Waals surface area (Å²) in [6.07, 6.45) is 0.574. The first-order chi connectivity index (χ1) is 4.93. The summed E-state index contributed by atoms with van der Waals surface area (Å²) in [7, 11) is 1.80. The number of amides is 1. The highest BCUT2D eigenvalue weighted by Crippen LogP contribution is 2.28. The molecule has 1 fully saturated rings. The molecule has 3 heteroatoms. The van der Waals surface area contributed by atoms with Crippen molar-refractivity contribution < 1.29 is 4.79 Å². The number of likely N-dealkylation sites (tertiary alicyclic amines) is 1. The van der Waals surface area contributed by atoms with E-state index in [-0.39, 0.29) is 17.4 Å². The SMILES string of the molecule is CN1CC(N)C(C)(C)CC1=O. The van der Waals surface area contributed by atoms with Gasteiger partial charge >= 0.3 is 0 Å². The lowest BCUT2D eigenvalue weighted by Gasteiger charge is -2.39. The maximum atomic E-state index is 11.2. The molecule has 0 radical (unpaired) electrons. The molecule has 0 spiro atoms. The topological polar surface area (TPSA) is 46.3 Å². The fraction of sp³-hybridized carbons (Fsp3) is 0.875. The molecule has 1 saturated heterocycles. The van der Waals surface area contributed by atoms with E-state index in [9.17, 15) is 4.79 Å². The first-order valence-corrected chi connectivity index (χ1v) is 3.93. The second-order valence-electron chi connectivity index (χ2n) is 4.05. The van der Waals surface area contributed by atoms with Crippen LogP contribution in [-0.4, -0.2) is 30.4 Å². The van der Waals surface area contributed by atoms with Crippen LogP contribution in [0.1, 0.15) is 20.3 Å². The van der Waals surface area contributed by atoms with E-state index in [0.29, 0.717) is 13.0 Å². The van der Waals surface area contributed by atoms with Gasteiger partial charge in [-0.2, -0.15) is 0 Å². The zero-order chi connectivity index (χ0) is 8.65. The largest absolute Gasteiger partial charge is 0.344 e. The zero-order valence-electron chi connectivity index (χ0n) is 7.42. The summed E-state index contributed by atoms with van der Waals surface area (Å²) in [5.41, 5.74) is 5.85. The van der Waals surface area contributed by atoms with Gasteiger partial charge in [0.2, 0.25) is 5.91 Å². The highest BCUT2D eigenvalue weighted by molar-refractivity contribution is 5.77. The molecule has 0 aromatic carbocycles. The van der Waals surface area contributed by atoms with Crippen molar-refractivity contribution in [2.45, 2.75) is 26.3 Å². The molecule has 64 valence electrons. The third-order valence-electron chi connectivity index (χ3n) is 2.51. The monoisotopic (exact) mass is 156 g/mol. The van der Waals surface area contributed by atoms with E-state index < -0.39 is 0 Å². The number of piperidine rings is 1. The Morgan fingerprint density at radius 1 is 1.64 bits per heavy atom. The predicted molar refractivity (Wildman–Crippen MR) is 44.0 cm³/mol. The summed E-state index contributed by atoms with van der Waals surface area (Å²) in [5, 5.41) is 0. The summed E-state index contributed by atoms with van der Waals surface area (Å²) < 4.78 is 0. The predicted octanol–water partition coefficient (Wildman–Crippen LogP) is 0.202. The molecule has 0 aromatic rings. The van der Waals surface area contributed by atoms with Crippen molar-refractivity contribution in [3.63, 3.8) is 0 Å². The second kappa shape index (κ2) is 2.48. The van der Waals surface area contributed by atoms with Crippen molar-refractivity contribution in [2.75, 3.05) is 13.6 Å². The molecule has 1 aliphatic rings. The number of nitrogens with two attached hydrogens (primary N) is 1. The van der Waals surface area contributed by atoms with E-state index in [4.69, 9.17) is 5.73 Å². The quantitative estimate of drug-likeness (QED) is 0.544. The highest BCUT2D eigenvalue weighted by Gasteiger charge is 2.36. The molecule has 3 nitrogen and oxygen atoms in total. The van der Waals surface area contributed by atoms with Gasteiger partial charge in [-0.3, -0.25) is 4.79 Å². The fourth-order valence-corrected chi connectivity index (χ4v) is 1.30. The van der Waals surface area contributed by atoms with E-state index >= 15 is 0 Å². The lowest BCUT2D eigenvalue weighted by molar-refractivity contribution is -0.136. The summed E-state index contributed by atoms with van der Waals surface area (Å²) in [4.78, 5) is 12.9. The van der Waals surface area contributed by atoms with Crippen LogP contribution in [0.2, 0.25) is 0 Å². The van der Waals surface area contributed by atoms with Gasteiger partial charge in [0, 0.05) is 26.1 Å². The Balaban J connectivity index is 2.70. The second-order valence-corrected chi connectivity index (χ2v) is 4.05. The van der Waals surface area contributed by atoms with Gasteiger partial charge in [0.25, 0.3) is 0 Å². The van der Waals surface area contributed by atoms with Crippen LogP contribution in [0.15, 0.2) is 0 Å². The van der Waals surface area contributed by atoms with Crippen molar-refractivity contribution in [3.8, 4) is 0 Å². The molecular formula is C8H16N2O. The molecule has 0 aliphatic carbocycles. The fourth-order valence-electron chi connectivity index (χ4n) is 1.30. The third kappa shape index (κ3) is 1.53. The average molecular weight is 156 g/mol. The summed E-state index contributed by atoms with van der Waals surface area (Å²) >= 11 is 0. The average Bonchev–Trinajstić information content (AvgIpc) is 1.83. The normalized spacial score (nSPS) is 30.7. The smallest absolute Gasteiger partial charge is 0.222 e. The maximum Gasteiger partial charge on any atom is 0.222 e. The van der Waals surface area contributed by atoms with Gasteiger partial charge in [-0.05, 0) is 5.41 Å². The molecule has 0 aromatic heterocycles. The van der Waals surface area contributed by atoms with Crippen molar-refractivity contribution in [3.05, 3.63) is 0 Å². The molecule has 0 bridgehead atoms.